The Labute approximate surface area is 175 Å². The number of carbonyl (C=O) groups excluding carboxylic acids is 1. The van der Waals surface area contributed by atoms with Gasteiger partial charge in [-0.2, -0.15) is 5.10 Å². The molecule has 29 heavy (non-hydrogen) atoms. The van der Waals surface area contributed by atoms with Gasteiger partial charge in [0.05, 0.1) is 18.3 Å². The maximum Gasteiger partial charge on any atom is 0.315 e. The molecule has 1 aromatic heterocycles. The molecule has 1 unspecified atom stereocenters. The monoisotopic (exact) mass is 410 g/mol. The summed E-state index contributed by atoms with van der Waals surface area (Å²) in [6.07, 6.45) is 3.63. The minimum Gasteiger partial charge on any atom is -0.384 e. The lowest BCUT2D eigenvalue weighted by Gasteiger charge is -2.16. The number of amides is 2. The van der Waals surface area contributed by atoms with Crippen LogP contribution < -0.4 is 10.6 Å². The molecule has 3 aromatic rings. The van der Waals surface area contributed by atoms with Gasteiger partial charge in [0.1, 0.15) is 0 Å². The minimum absolute atomic E-state index is 0.0802. The maximum atomic E-state index is 12.3. The molecule has 2 aromatic carbocycles. The van der Waals surface area contributed by atoms with Crippen LogP contribution in [0, 0.1) is 0 Å². The van der Waals surface area contributed by atoms with Gasteiger partial charge in [-0.25, -0.2) is 9.48 Å². The fraction of sp³-hybridized carbons (Fsp3) is 0.273. The smallest absolute Gasteiger partial charge is 0.315 e. The molecule has 0 aliphatic rings. The first-order valence-corrected chi connectivity index (χ1v) is 10.5. The van der Waals surface area contributed by atoms with Gasteiger partial charge in [0.25, 0.3) is 0 Å². The van der Waals surface area contributed by atoms with E-state index in [2.05, 4.69) is 27.9 Å². The van der Waals surface area contributed by atoms with Gasteiger partial charge in [-0.1, -0.05) is 24.3 Å². The van der Waals surface area contributed by atoms with Crippen LogP contribution in [0.2, 0.25) is 0 Å². The van der Waals surface area contributed by atoms with Crippen molar-refractivity contribution in [3.8, 4) is 5.69 Å². The lowest BCUT2D eigenvalue weighted by atomic mass is 10.1. The molecule has 0 saturated carbocycles. The molecule has 0 aliphatic carbocycles. The third-order valence-corrected chi connectivity index (χ3v) is 5.39. The SMILES string of the molecule is COCCSc1ccc(C(C)NC(=O)NCc2cccc(-n3cccn3)c2)cc1. The average Bonchev–Trinajstić information content (AvgIpc) is 3.28. The first-order valence-electron chi connectivity index (χ1n) is 9.51. The fourth-order valence-electron chi connectivity index (χ4n) is 2.84. The highest BCUT2D eigenvalue weighted by atomic mass is 32.2. The predicted octanol–water partition coefficient (Wildman–Crippen LogP) is 4.17. The number of nitrogens with one attached hydrogen (secondary N) is 2. The fourth-order valence-corrected chi connectivity index (χ4v) is 3.65. The molecule has 0 aliphatic heterocycles. The van der Waals surface area contributed by atoms with Gasteiger partial charge in [0, 0.05) is 36.7 Å². The molecule has 1 heterocycles. The topological polar surface area (TPSA) is 68.2 Å². The van der Waals surface area contributed by atoms with E-state index in [9.17, 15) is 4.79 Å². The third-order valence-electron chi connectivity index (χ3n) is 4.42. The molecule has 152 valence electrons. The average molecular weight is 411 g/mol. The van der Waals surface area contributed by atoms with Gasteiger partial charge in [0.15, 0.2) is 0 Å². The van der Waals surface area contributed by atoms with Crippen LogP contribution in [0.1, 0.15) is 24.1 Å². The molecule has 1 atom stereocenters. The second-order valence-corrected chi connectivity index (χ2v) is 7.75. The molecule has 0 spiro atoms. The van der Waals surface area contributed by atoms with E-state index in [1.165, 1.54) is 4.90 Å². The summed E-state index contributed by atoms with van der Waals surface area (Å²) in [5.41, 5.74) is 3.04. The van der Waals surface area contributed by atoms with Crippen LogP contribution in [0.15, 0.2) is 71.9 Å². The predicted molar refractivity (Wildman–Crippen MR) is 116 cm³/mol. The normalized spacial score (nSPS) is 11.8. The largest absolute Gasteiger partial charge is 0.384 e. The summed E-state index contributed by atoms with van der Waals surface area (Å²) in [5, 5.41) is 10.1. The number of hydrogen-bond acceptors (Lipinski definition) is 4. The van der Waals surface area contributed by atoms with Crippen molar-refractivity contribution in [1.29, 1.82) is 0 Å². The zero-order valence-corrected chi connectivity index (χ0v) is 17.5. The molecule has 7 heteroatoms. The Morgan fingerprint density at radius 3 is 2.76 bits per heavy atom. The summed E-state index contributed by atoms with van der Waals surface area (Å²) >= 11 is 1.75. The van der Waals surface area contributed by atoms with Crippen LogP contribution in [0.4, 0.5) is 4.79 Å². The molecule has 6 nitrogen and oxygen atoms in total. The van der Waals surface area contributed by atoms with Crippen LogP contribution in [0.25, 0.3) is 5.69 Å². The number of nitrogens with zero attached hydrogens (tertiary/aromatic N) is 2. The van der Waals surface area contributed by atoms with Crippen molar-refractivity contribution in [2.45, 2.75) is 24.4 Å². The quantitative estimate of drug-likeness (QED) is 0.410. The number of urea groups is 1. The summed E-state index contributed by atoms with van der Waals surface area (Å²) in [6.45, 7) is 3.16. The Bertz CT molecular complexity index is 897. The van der Waals surface area contributed by atoms with Crippen molar-refractivity contribution >= 4 is 17.8 Å². The number of benzene rings is 2. The second-order valence-electron chi connectivity index (χ2n) is 6.58. The zero-order valence-electron chi connectivity index (χ0n) is 16.7. The van der Waals surface area contributed by atoms with Gasteiger partial charge in [0.2, 0.25) is 0 Å². The molecule has 0 bridgehead atoms. The molecule has 0 fully saturated rings. The summed E-state index contributed by atoms with van der Waals surface area (Å²) in [7, 11) is 1.71. The first kappa shape index (κ1) is 21.0. The Morgan fingerprint density at radius 1 is 1.21 bits per heavy atom. The standard InChI is InChI=1S/C22H26N4O2S/c1-17(19-7-9-21(10-8-19)29-14-13-28-2)25-22(27)23-16-18-5-3-6-20(15-18)26-12-4-11-24-26/h3-12,15,17H,13-14,16H2,1-2H3,(H2,23,25,27). The molecule has 0 radical (unpaired) electrons. The van der Waals surface area contributed by atoms with Crippen LogP contribution in [-0.2, 0) is 11.3 Å². The first-order chi connectivity index (χ1) is 14.2. The van der Waals surface area contributed by atoms with Gasteiger partial charge >= 0.3 is 6.03 Å². The molecular weight excluding hydrogens is 384 g/mol. The van der Waals surface area contributed by atoms with Crippen molar-refractivity contribution in [2.75, 3.05) is 19.5 Å². The van der Waals surface area contributed by atoms with Crippen molar-refractivity contribution in [2.24, 2.45) is 0 Å². The summed E-state index contributed by atoms with van der Waals surface area (Å²) in [6, 6.07) is 17.8. The van der Waals surface area contributed by atoms with Gasteiger partial charge in [-0.05, 0) is 48.4 Å². The number of rotatable bonds is 9. The van der Waals surface area contributed by atoms with Crippen LogP contribution in [0.3, 0.4) is 0 Å². The van der Waals surface area contributed by atoms with E-state index < -0.39 is 0 Å². The van der Waals surface area contributed by atoms with E-state index in [1.807, 2.05) is 55.6 Å². The van der Waals surface area contributed by atoms with Gasteiger partial charge in [-0.15, -0.1) is 11.8 Å². The number of hydrogen-bond donors (Lipinski definition) is 2. The number of ether oxygens (including phenoxy) is 1. The van der Waals surface area contributed by atoms with Gasteiger partial charge in [-0.3, -0.25) is 0 Å². The van der Waals surface area contributed by atoms with E-state index in [4.69, 9.17) is 4.74 Å². The van der Waals surface area contributed by atoms with Crippen molar-refractivity contribution < 1.29 is 9.53 Å². The summed E-state index contributed by atoms with van der Waals surface area (Å²) in [5.74, 6) is 0.924. The number of carbonyl (C=O) groups is 1. The van der Waals surface area contributed by atoms with Crippen LogP contribution >= 0.6 is 11.8 Å². The van der Waals surface area contributed by atoms with Crippen LogP contribution in [-0.4, -0.2) is 35.3 Å². The van der Waals surface area contributed by atoms with Crippen LogP contribution in [0.5, 0.6) is 0 Å². The maximum absolute atomic E-state index is 12.3. The zero-order chi connectivity index (χ0) is 20.5. The lowest BCUT2D eigenvalue weighted by Crippen LogP contribution is -2.36. The summed E-state index contributed by atoms with van der Waals surface area (Å²) < 4.78 is 6.86. The second kappa shape index (κ2) is 10.7. The third kappa shape index (κ3) is 6.37. The molecule has 2 N–H and O–H groups in total. The number of aromatic nitrogens is 2. The van der Waals surface area contributed by atoms with E-state index in [0.717, 1.165) is 29.2 Å². The Morgan fingerprint density at radius 2 is 2.03 bits per heavy atom. The highest BCUT2D eigenvalue weighted by molar-refractivity contribution is 7.99. The lowest BCUT2D eigenvalue weighted by molar-refractivity contribution is 0.218. The van der Waals surface area contributed by atoms with Crippen molar-refractivity contribution in [1.82, 2.24) is 20.4 Å². The number of thioether (sulfide) groups is 1. The van der Waals surface area contributed by atoms with E-state index in [1.54, 1.807) is 29.8 Å². The Balaban J connectivity index is 1.48. The highest BCUT2D eigenvalue weighted by Crippen LogP contribution is 2.21. The van der Waals surface area contributed by atoms with E-state index in [0.29, 0.717) is 6.54 Å². The highest BCUT2D eigenvalue weighted by Gasteiger charge is 2.09. The minimum atomic E-state index is -0.194. The van der Waals surface area contributed by atoms with Crippen molar-refractivity contribution in [3.63, 3.8) is 0 Å². The summed E-state index contributed by atoms with van der Waals surface area (Å²) in [4.78, 5) is 13.5. The number of methoxy groups -OCH3 is 1. The Hall–Kier alpha value is -2.77. The molecule has 0 saturated heterocycles. The Kier molecular flexibility index (Phi) is 7.72. The van der Waals surface area contributed by atoms with E-state index in [-0.39, 0.29) is 12.1 Å². The van der Waals surface area contributed by atoms with Gasteiger partial charge < -0.3 is 15.4 Å². The van der Waals surface area contributed by atoms with E-state index >= 15 is 0 Å². The molecule has 2 amide bonds. The molecule has 3 rings (SSSR count). The molecular formula is C22H26N4O2S. The van der Waals surface area contributed by atoms with Crippen molar-refractivity contribution in [3.05, 3.63) is 78.1 Å².